The van der Waals surface area contributed by atoms with Crippen molar-refractivity contribution in [1.82, 2.24) is 0 Å². The van der Waals surface area contributed by atoms with E-state index in [0.29, 0.717) is 17.3 Å². The van der Waals surface area contributed by atoms with Crippen molar-refractivity contribution in [1.29, 1.82) is 0 Å². The molecule has 0 aliphatic heterocycles. The number of ether oxygens (including phenoxy) is 1. The van der Waals surface area contributed by atoms with Crippen LogP contribution in [0.3, 0.4) is 0 Å². The highest BCUT2D eigenvalue weighted by Gasteiger charge is 2.22. The van der Waals surface area contributed by atoms with Gasteiger partial charge in [-0.05, 0) is 30.3 Å². The van der Waals surface area contributed by atoms with Crippen molar-refractivity contribution in [3.63, 3.8) is 0 Å². The van der Waals surface area contributed by atoms with Crippen molar-refractivity contribution in [2.75, 3.05) is 18.5 Å². The molecule has 1 aromatic heterocycles. The summed E-state index contributed by atoms with van der Waals surface area (Å²) < 4.78 is 31.2. The number of hydrogen-bond donors (Lipinski definition) is 0. The highest BCUT2D eigenvalue weighted by Crippen LogP contribution is 2.27. The Morgan fingerprint density at radius 2 is 1.95 bits per heavy atom. The number of sulfonamides is 1. The third-order valence-electron chi connectivity index (χ3n) is 2.86. The van der Waals surface area contributed by atoms with E-state index >= 15 is 0 Å². The molecule has 0 N–H and O–H groups in total. The van der Waals surface area contributed by atoms with E-state index in [1.807, 2.05) is 0 Å². The molecule has 0 saturated carbocycles. The number of methoxy groups -OCH3 is 1. The quantitative estimate of drug-likeness (QED) is 0.790. The van der Waals surface area contributed by atoms with Crippen LogP contribution < -0.4 is 9.04 Å². The molecule has 0 aliphatic carbocycles. The number of benzene rings is 1. The lowest BCUT2D eigenvalue weighted by atomic mass is 10.3. The molecule has 7 heteroatoms. The molecule has 1 heterocycles. The zero-order valence-corrected chi connectivity index (χ0v) is 13.4. The summed E-state index contributed by atoms with van der Waals surface area (Å²) in [6.45, 7) is 0. The van der Waals surface area contributed by atoms with Crippen LogP contribution in [0.25, 0.3) is 0 Å². The van der Waals surface area contributed by atoms with Crippen molar-refractivity contribution in [3.8, 4) is 5.75 Å². The standard InChI is InChI=1S/C13H14ClNO3S2/c1-15(10-3-5-11(18-2)6-4-10)20(16,17)13-7-12(8-14)19-9-13/h3-7,9H,8H2,1-2H3. The van der Waals surface area contributed by atoms with Gasteiger partial charge < -0.3 is 4.74 Å². The van der Waals surface area contributed by atoms with Gasteiger partial charge in [0.25, 0.3) is 10.0 Å². The minimum atomic E-state index is -3.56. The summed E-state index contributed by atoms with van der Waals surface area (Å²) in [5, 5.41) is 1.60. The zero-order valence-electron chi connectivity index (χ0n) is 11.0. The molecular formula is C13H14ClNO3S2. The molecule has 0 spiro atoms. The Hall–Kier alpha value is -1.24. The number of hydrogen-bond acceptors (Lipinski definition) is 4. The number of thiophene rings is 1. The number of anilines is 1. The molecule has 0 fully saturated rings. The van der Waals surface area contributed by atoms with Gasteiger partial charge in [-0.3, -0.25) is 4.31 Å². The molecule has 0 bridgehead atoms. The molecule has 0 aliphatic rings. The van der Waals surface area contributed by atoms with E-state index in [1.165, 1.54) is 22.7 Å². The van der Waals surface area contributed by atoms with Gasteiger partial charge in [-0.25, -0.2) is 8.42 Å². The fraction of sp³-hybridized carbons (Fsp3) is 0.231. The monoisotopic (exact) mass is 331 g/mol. The molecule has 0 radical (unpaired) electrons. The summed E-state index contributed by atoms with van der Waals surface area (Å²) in [6.07, 6.45) is 0. The van der Waals surface area contributed by atoms with Gasteiger partial charge in [0.1, 0.15) is 5.75 Å². The number of rotatable bonds is 5. The molecule has 2 rings (SSSR count). The first-order chi connectivity index (χ1) is 9.48. The fourth-order valence-electron chi connectivity index (χ4n) is 1.65. The molecule has 0 unspecified atom stereocenters. The van der Waals surface area contributed by atoms with Crippen LogP contribution in [0.2, 0.25) is 0 Å². The van der Waals surface area contributed by atoms with Gasteiger partial charge in [-0.15, -0.1) is 22.9 Å². The van der Waals surface area contributed by atoms with Crippen LogP contribution in [-0.2, 0) is 15.9 Å². The first-order valence-electron chi connectivity index (χ1n) is 5.75. The average molecular weight is 332 g/mol. The largest absolute Gasteiger partial charge is 0.497 e. The third kappa shape index (κ3) is 2.92. The van der Waals surface area contributed by atoms with Gasteiger partial charge >= 0.3 is 0 Å². The second-order valence-electron chi connectivity index (χ2n) is 4.05. The average Bonchev–Trinajstić information content (AvgIpc) is 2.96. The van der Waals surface area contributed by atoms with E-state index in [1.54, 1.807) is 42.8 Å². The SMILES string of the molecule is COc1ccc(N(C)S(=O)(=O)c2csc(CCl)c2)cc1. The van der Waals surface area contributed by atoms with Gasteiger partial charge in [-0.2, -0.15) is 0 Å². The molecule has 4 nitrogen and oxygen atoms in total. The number of halogens is 1. The van der Waals surface area contributed by atoms with Crippen LogP contribution in [0.1, 0.15) is 4.88 Å². The summed E-state index contributed by atoms with van der Waals surface area (Å²) in [5.74, 6) is 0.992. The van der Waals surface area contributed by atoms with Crippen LogP contribution in [0, 0.1) is 0 Å². The van der Waals surface area contributed by atoms with Gasteiger partial charge in [0.15, 0.2) is 0 Å². The number of nitrogens with zero attached hydrogens (tertiary/aromatic N) is 1. The summed E-state index contributed by atoms with van der Waals surface area (Å²) in [7, 11) is -0.470. The summed E-state index contributed by atoms with van der Waals surface area (Å²) >= 11 is 7.05. The predicted octanol–water partition coefficient (Wildman–Crippen LogP) is 3.32. The Balaban J connectivity index is 2.32. The van der Waals surface area contributed by atoms with Crippen molar-refractivity contribution < 1.29 is 13.2 Å². The predicted molar refractivity (Wildman–Crippen MR) is 82.5 cm³/mol. The summed E-state index contributed by atoms with van der Waals surface area (Å²) in [4.78, 5) is 1.09. The summed E-state index contributed by atoms with van der Waals surface area (Å²) in [5.41, 5.74) is 0.574. The first-order valence-corrected chi connectivity index (χ1v) is 8.61. The maximum Gasteiger partial charge on any atom is 0.264 e. The van der Waals surface area contributed by atoms with Crippen molar-refractivity contribution in [2.45, 2.75) is 10.8 Å². The highest BCUT2D eigenvalue weighted by atomic mass is 35.5. The molecule has 0 atom stereocenters. The molecule has 20 heavy (non-hydrogen) atoms. The zero-order chi connectivity index (χ0) is 14.8. The van der Waals surface area contributed by atoms with Gasteiger partial charge in [0, 0.05) is 17.3 Å². The van der Waals surface area contributed by atoms with Crippen molar-refractivity contribution in [3.05, 3.63) is 40.6 Å². The lowest BCUT2D eigenvalue weighted by molar-refractivity contribution is 0.415. The van der Waals surface area contributed by atoms with Crippen LogP contribution in [0.15, 0.2) is 40.6 Å². The Bertz CT molecular complexity index is 680. The van der Waals surface area contributed by atoms with E-state index in [4.69, 9.17) is 16.3 Å². The smallest absolute Gasteiger partial charge is 0.264 e. The molecule has 2 aromatic rings. The Labute approximate surface area is 127 Å². The van der Waals surface area contributed by atoms with Gasteiger partial charge in [-0.1, -0.05) is 0 Å². The maximum absolute atomic E-state index is 12.5. The van der Waals surface area contributed by atoms with Crippen LogP contribution in [0.4, 0.5) is 5.69 Å². The van der Waals surface area contributed by atoms with Crippen LogP contribution in [-0.4, -0.2) is 22.6 Å². The minimum absolute atomic E-state index is 0.261. The molecule has 0 saturated heterocycles. The van der Waals surface area contributed by atoms with Gasteiger partial charge in [0.05, 0.1) is 23.6 Å². The van der Waals surface area contributed by atoms with Gasteiger partial charge in [0.2, 0.25) is 0 Å². The van der Waals surface area contributed by atoms with Crippen LogP contribution >= 0.6 is 22.9 Å². The Morgan fingerprint density at radius 1 is 1.30 bits per heavy atom. The Morgan fingerprint density at radius 3 is 2.45 bits per heavy atom. The summed E-state index contributed by atoms with van der Waals surface area (Å²) in [6, 6.07) is 8.45. The maximum atomic E-state index is 12.5. The van der Waals surface area contributed by atoms with Crippen LogP contribution in [0.5, 0.6) is 5.75 Å². The second-order valence-corrected chi connectivity index (χ2v) is 7.29. The fourth-order valence-corrected chi connectivity index (χ4v) is 4.23. The first kappa shape index (κ1) is 15.2. The van der Waals surface area contributed by atoms with Crippen molar-refractivity contribution >= 4 is 38.6 Å². The normalized spacial score (nSPS) is 11.3. The highest BCUT2D eigenvalue weighted by molar-refractivity contribution is 7.93. The van der Waals surface area contributed by atoms with E-state index in [0.717, 1.165) is 4.88 Å². The minimum Gasteiger partial charge on any atom is -0.497 e. The van der Waals surface area contributed by atoms with E-state index in [-0.39, 0.29) is 4.90 Å². The molecule has 108 valence electrons. The topological polar surface area (TPSA) is 46.6 Å². The second kappa shape index (κ2) is 6.03. The van der Waals surface area contributed by atoms with E-state index in [2.05, 4.69) is 0 Å². The Kier molecular flexibility index (Phi) is 4.57. The number of alkyl halides is 1. The molecular weight excluding hydrogens is 318 g/mol. The lowest BCUT2D eigenvalue weighted by Crippen LogP contribution is -2.26. The lowest BCUT2D eigenvalue weighted by Gasteiger charge is -2.18. The molecule has 1 aromatic carbocycles. The van der Waals surface area contributed by atoms with Crippen molar-refractivity contribution in [2.24, 2.45) is 0 Å². The van der Waals surface area contributed by atoms with E-state index < -0.39 is 10.0 Å². The third-order valence-corrected chi connectivity index (χ3v) is 6.15. The molecule has 0 amide bonds. The van der Waals surface area contributed by atoms with E-state index in [9.17, 15) is 8.42 Å².